The van der Waals surface area contributed by atoms with Gasteiger partial charge in [-0.2, -0.15) is 0 Å². The van der Waals surface area contributed by atoms with Gasteiger partial charge in [-0.1, -0.05) is 23.7 Å². The molecule has 124 valence electrons. The highest BCUT2D eigenvalue weighted by Gasteiger charge is 2.17. The third-order valence-corrected chi connectivity index (χ3v) is 3.79. The van der Waals surface area contributed by atoms with Gasteiger partial charge in [0, 0.05) is 11.6 Å². The average Bonchev–Trinajstić information content (AvgIpc) is 2.87. The molecule has 0 aliphatic carbocycles. The Bertz CT molecular complexity index is 666. The summed E-state index contributed by atoms with van der Waals surface area (Å²) in [6.45, 7) is 2.62. The van der Waals surface area contributed by atoms with E-state index in [4.69, 9.17) is 20.8 Å². The fourth-order valence-electron chi connectivity index (χ4n) is 2.35. The van der Waals surface area contributed by atoms with Gasteiger partial charge in [-0.15, -0.1) is 0 Å². The summed E-state index contributed by atoms with van der Waals surface area (Å²) in [5, 5.41) is 10.9. The molecule has 0 saturated carbocycles. The van der Waals surface area contributed by atoms with Crippen LogP contribution in [-0.4, -0.2) is 36.7 Å². The molecule has 0 aliphatic rings. The lowest BCUT2D eigenvalue weighted by molar-refractivity contribution is 0.0599. The van der Waals surface area contributed by atoms with Gasteiger partial charge in [-0.05, 0) is 37.7 Å². The number of hydrogen-bond acceptors (Lipinski definition) is 5. The fourth-order valence-corrected chi connectivity index (χ4v) is 2.48. The number of nitrogens with zero attached hydrogens (tertiary/aromatic N) is 1. The molecule has 2 aromatic rings. The Morgan fingerprint density at radius 1 is 1.39 bits per heavy atom. The van der Waals surface area contributed by atoms with Gasteiger partial charge in [-0.25, -0.2) is 4.79 Å². The fraction of sp³-hybridized carbons (Fsp3) is 0.353. The van der Waals surface area contributed by atoms with Crippen molar-refractivity contribution in [1.29, 1.82) is 0 Å². The maximum absolute atomic E-state index is 11.6. The molecule has 1 aromatic heterocycles. The minimum Gasteiger partial charge on any atom is -0.465 e. The predicted octanol–water partition coefficient (Wildman–Crippen LogP) is 3.19. The van der Waals surface area contributed by atoms with Crippen molar-refractivity contribution in [3.8, 4) is 0 Å². The van der Waals surface area contributed by atoms with E-state index in [9.17, 15) is 9.90 Å². The van der Waals surface area contributed by atoms with E-state index in [-0.39, 0.29) is 0 Å². The molecule has 0 amide bonds. The van der Waals surface area contributed by atoms with Crippen molar-refractivity contribution in [2.75, 3.05) is 20.7 Å². The van der Waals surface area contributed by atoms with Crippen molar-refractivity contribution in [3.05, 3.63) is 58.0 Å². The number of carbonyl (C=O) groups excluding carboxylic acids is 1. The van der Waals surface area contributed by atoms with E-state index in [1.54, 1.807) is 37.3 Å². The van der Waals surface area contributed by atoms with Crippen LogP contribution in [0.1, 0.15) is 33.5 Å². The van der Waals surface area contributed by atoms with Crippen LogP contribution in [0.25, 0.3) is 0 Å². The Kier molecular flexibility index (Phi) is 5.82. The van der Waals surface area contributed by atoms with Crippen molar-refractivity contribution in [2.45, 2.75) is 19.6 Å². The molecule has 1 unspecified atom stereocenters. The molecule has 0 spiro atoms. The third kappa shape index (κ3) is 4.58. The van der Waals surface area contributed by atoms with Crippen LogP contribution in [0.15, 0.2) is 34.7 Å². The topological polar surface area (TPSA) is 62.9 Å². The van der Waals surface area contributed by atoms with Crippen LogP contribution < -0.4 is 0 Å². The number of hydrogen-bond donors (Lipinski definition) is 1. The maximum Gasteiger partial charge on any atom is 0.341 e. The SMILES string of the molecule is COC(=O)c1cc(CN(C)CC(O)c2ccc(Cl)cc2)oc1C. The number of aliphatic hydroxyl groups is 1. The quantitative estimate of drug-likeness (QED) is 0.820. The number of methoxy groups -OCH3 is 1. The van der Waals surface area contributed by atoms with Gasteiger partial charge >= 0.3 is 5.97 Å². The Labute approximate surface area is 140 Å². The lowest BCUT2D eigenvalue weighted by atomic mass is 10.1. The normalized spacial score (nSPS) is 12.4. The van der Waals surface area contributed by atoms with Crippen LogP contribution in [-0.2, 0) is 11.3 Å². The monoisotopic (exact) mass is 337 g/mol. The van der Waals surface area contributed by atoms with E-state index in [2.05, 4.69) is 0 Å². The van der Waals surface area contributed by atoms with E-state index in [0.29, 0.717) is 35.2 Å². The first kappa shape index (κ1) is 17.5. The number of furan rings is 1. The molecular formula is C17H20ClNO4. The number of rotatable bonds is 6. The average molecular weight is 338 g/mol. The lowest BCUT2D eigenvalue weighted by Crippen LogP contribution is -2.24. The first-order valence-corrected chi connectivity index (χ1v) is 7.58. The molecular weight excluding hydrogens is 318 g/mol. The summed E-state index contributed by atoms with van der Waals surface area (Å²) in [6, 6.07) is 8.77. The summed E-state index contributed by atoms with van der Waals surface area (Å²) in [5.41, 5.74) is 1.22. The van der Waals surface area contributed by atoms with E-state index >= 15 is 0 Å². The number of carbonyl (C=O) groups is 1. The highest BCUT2D eigenvalue weighted by molar-refractivity contribution is 6.30. The number of ether oxygens (including phenoxy) is 1. The van der Waals surface area contributed by atoms with Crippen LogP contribution in [0.2, 0.25) is 5.02 Å². The van der Waals surface area contributed by atoms with Gasteiger partial charge < -0.3 is 14.3 Å². The molecule has 0 saturated heterocycles. The first-order chi connectivity index (χ1) is 10.9. The summed E-state index contributed by atoms with van der Waals surface area (Å²) >= 11 is 5.84. The maximum atomic E-state index is 11.6. The molecule has 0 aliphatic heterocycles. The van der Waals surface area contributed by atoms with Crippen molar-refractivity contribution < 1.29 is 19.1 Å². The molecule has 1 heterocycles. The predicted molar refractivity (Wildman–Crippen MR) is 87.5 cm³/mol. The van der Waals surface area contributed by atoms with Crippen LogP contribution in [0.3, 0.4) is 0 Å². The summed E-state index contributed by atoms with van der Waals surface area (Å²) in [6.07, 6.45) is -0.631. The number of halogens is 1. The minimum atomic E-state index is -0.631. The molecule has 0 fully saturated rings. The zero-order valence-electron chi connectivity index (χ0n) is 13.4. The van der Waals surface area contributed by atoms with Crippen LogP contribution in [0, 0.1) is 6.92 Å². The largest absolute Gasteiger partial charge is 0.465 e. The number of aliphatic hydroxyl groups excluding tert-OH is 1. The molecule has 0 radical (unpaired) electrons. The molecule has 6 heteroatoms. The van der Waals surface area contributed by atoms with Crippen LogP contribution in [0.4, 0.5) is 0 Å². The molecule has 0 bridgehead atoms. The standard InChI is InChI=1S/C17H20ClNO4/c1-11-15(17(21)22-3)8-14(23-11)9-19(2)10-16(20)12-4-6-13(18)7-5-12/h4-8,16,20H,9-10H2,1-3H3. The van der Waals surface area contributed by atoms with Crippen LogP contribution >= 0.6 is 11.6 Å². The third-order valence-electron chi connectivity index (χ3n) is 3.54. The molecule has 2 rings (SSSR count). The van der Waals surface area contributed by atoms with Gasteiger partial charge in [-0.3, -0.25) is 4.90 Å². The smallest absolute Gasteiger partial charge is 0.341 e. The van der Waals surface area contributed by atoms with E-state index < -0.39 is 12.1 Å². The van der Waals surface area contributed by atoms with Gasteiger partial charge in [0.2, 0.25) is 0 Å². The second-order valence-electron chi connectivity index (χ2n) is 5.44. The molecule has 1 aromatic carbocycles. The zero-order chi connectivity index (χ0) is 17.0. The zero-order valence-corrected chi connectivity index (χ0v) is 14.1. The Balaban J connectivity index is 1.98. The van der Waals surface area contributed by atoms with E-state index in [0.717, 1.165) is 5.56 Å². The first-order valence-electron chi connectivity index (χ1n) is 7.20. The minimum absolute atomic E-state index is 0.415. The summed E-state index contributed by atoms with van der Waals surface area (Å²) in [4.78, 5) is 13.5. The Morgan fingerprint density at radius 2 is 2.04 bits per heavy atom. The summed E-state index contributed by atoms with van der Waals surface area (Å²) in [5.74, 6) is 0.758. The highest BCUT2D eigenvalue weighted by atomic mass is 35.5. The van der Waals surface area contributed by atoms with Gasteiger partial charge in [0.05, 0.1) is 19.8 Å². The van der Waals surface area contributed by atoms with E-state index in [1.807, 2.05) is 11.9 Å². The summed E-state index contributed by atoms with van der Waals surface area (Å²) < 4.78 is 10.3. The molecule has 23 heavy (non-hydrogen) atoms. The Morgan fingerprint density at radius 3 is 2.65 bits per heavy atom. The van der Waals surface area contributed by atoms with Crippen molar-refractivity contribution >= 4 is 17.6 Å². The Hall–Kier alpha value is -1.82. The second kappa shape index (κ2) is 7.64. The number of aryl methyl sites for hydroxylation is 1. The van der Waals surface area contributed by atoms with Crippen molar-refractivity contribution in [1.82, 2.24) is 4.90 Å². The number of likely N-dealkylation sites (N-methyl/N-ethyl adjacent to an activating group) is 1. The molecule has 5 nitrogen and oxygen atoms in total. The second-order valence-corrected chi connectivity index (χ2v) is 5.87. The van der Waals surface area contributed by atoms with E-state index in [1.165, 1.54) is 7.11 Å². The lowest BCUT2D eigenvalue weighted by Gasteiger charge is -2.19. The highest BCUT2D eigenvalue weighted by Crippen LogP contribution is 2.20. The molecule has 1 atom stereocenters. The van der Waals surface area contributed by atoms with Crippen molar-refractivity contribution in [3.63, 3.8) is 0 Å². The van der Waals surface area contributed by atoms with Crippen LogP contribution in [0.5, 0.6) is 0 Å². The van der Waals surface area contributed by atoms with Gasteiger partial charge in [0.1, 0.15) is 17.1 Å². The van der Waals surface area contributed by atoms with Gasteiger partial charge in [0.25, 0.3) is 0 Å². The van der Waals surface area contributed by atoms with Crippen molar-refractivity contribution in [2.24, 2.45) is 0 Å². The number of esters is 1. The summed E-state index contributed by atoms with van der Waals surface area (Å²) in [7, 11) is 3.21. The number of benzene rings is 1. The van der Waals surface area contributed by atoms with Gasteiger partial charge in [0.15, 0.2) is 0 Å². The molecule has 1 N–H and O–H groups in total.